The number of benzene rings is 2. The quantitative estimate of drug-likeness (QED) is 0.179. The molecule has 0 aromatic heterocycles. The number of rotatable bonds is 14. The minimum Gasteiger partial charge on any atom is -0.391 e. The monoisotopic (exact) mass is 665 g/mol. The van der Waals surface area contributed by atoms with E-state index in [4.69, 9.17) is 0 Å². The highest BCUT2D eigenvalue weighted by molar-refractivity contribution is 5.97. The van der Waals surface area contributed by atoms with Crippen molar-refractivity contribution in [1.29, 1.82) is 5.26 Å². The lowest BCUT2D eigenvalue weighted by molar-refractivity contribution is -0.134. The van der Waals surface area contributed by atoms with Gasteiger partial charge in [0.25, 0.3) is 5.91 Å². The first kappa shape index (κ1) is 37.8. The van der Waals surface area contributed by atoms with E-state index < -0.39 is 47.5 Å². The fourth-order valence-corrected chi connectivity index (χ4v) is 5.56. The van der Waals surface area contributed by atoms with Gasteiger partial charge in [-0.15, -0.1) is 0 Å². The summed E-state index contributed by atoms with van der Waals surface area (Å²) in [5, 5.41) is 27.7. The van der Waals surface area contributed by atoms with Crippen LogP contribution in [0.4, 0.5) is 8.78 Å². The number of amides is 4. The maximum Gasteiger partial charge on any atom is 0.264 e. The van der Waals surface area contributed by atoms with E-state index in [-0.39, 0.29) is 54.7 Å². The van der Waals surface area contributed by atoms with Crippen LogP contribution in [0.25, 0.3) is 0 Å². The molecule has 1 aliphatic rings. The molecule has 258 valence electrons. The summed E-state index contributed by atoms with van der Waals surface area (Å²) in [4.78, 5) is 54.1. The number of hydrogen-bond acceptors (Lipinski definition) is 6. The van der Waals surface area contributed by atoms with Crippen LogP contribution in [0.2, 0.25) is 0 Å². The lowest BCUT2D eigenvalue weighted by atomic mass is 9.89. The minimum atomic E-state index is -1.38. The molecular formula is C36H45F2N5O5. The highest BCUT2D eigenvalue weighted by Gasteiger charge is 2.33. The molecule has 3 rings (SSSR count). The number of nitrogens with zero attached hydrogens (tertiary/aromatic N) is 2. The van der Waals surface area contributed by atoms with Gasteiger partial charge < -0.3 is 26.0 Å². The molecule has 0 unspecified atom stereocenters. The molecular weight excluding hydrogens is 620 g/mol. The van der Waals surface area contributed by atoms with E-state index in [9.17, 15) is 38.3 Å². The van der Waals surface area contributed by atoms with Gasteiger partial charge in [0.2, 0.25) is 17.7 Å². The van der Waals surface area contributed by atoms with Gasteiger partial charge in [0, 0.05) is 31.6 Å². The molecule has 48 heavy (non-hydrogen) atoms. The largest absolute Gasteiger partial charge is 0.391 e. The van der Waals surface area contributed by atoms with E-state index in [1.807, 2.05) is 19.9 Å². The van der Waals surface area contributed by atoms with Crippen LogP contribution in [-0.4, -0.2) is 64.9 Å². The van der Waals surface area contributed by atoms with Crippen molar-refractivity contribution < 1.29 is 33.1 Å². The molecule has 1 aliphatic heterocycles. The summed E-state index contributed by atoms with van der Waals surface area (Å²) >= 11 is 0. The summed E-state index contributed by atoms with van der Waals surface area (Å²) < 4.78 is 28.0. The highest BCUT2D eigenvalue weighted by atomic mass is 19.1. The predicted octanol–water partition coefficient (Wildman–Crippen LogP) is 3.61. The third-order valence-corrected chi connectivity index (χ3v) is 8.23. The van der Waals surface area contributed by atoms with E-state index in [2.05, 4.69) is 16.0 Å². The molecule has 0 spiro atoms. The first-order valence-corrected chi connectivity index (χ1v) is 16.2. The topological polar surface area (TPSA) is 152 Å². The molecule has 2 aromatic carbocycles. The second-order valence-corrected chi connectivity index (χ2v) is 12.7. The van der Waals surface area contributed by atoms with Crippen LogP contribution in [0.3, 0.4) is 0 Å². The number of aliphatic hydroxyl groups is 1. The number of likely N-dealkylation sites (tertiary alicyclic amines) is 1. The van der Waals surface area contributed by atoms with Crippen molar-refractivity contribution in [2.24, 2.45) is 11.8 Å². The number of nitrogens with one attached hydrogen (secondary N) is 3. The van der Waals surface area contributed by atoms with Gasteiger partial charge in [-0.05, 0) is 80.7 Å². The number of aryl methyl sites for hydroxylation is 2. The molecule has 12 heteroatoms. The molecule has 0 saturated carbocycles. The zero-order chi connectivity index (χ0) is 35.4. The van der Waals surface area contributed by atoms with Crippen molar-refractivity contribution in [3.05, 3.63) is 82.4 Å². The molecule has 0 radical (unpaired) electrons. The first-order valence-electron chi connectivity index (χ1n) is 16.2. The highest BCUT2D eigenvalue weighted by Crippen LogP contribution is 2.24. The number of allylic oxidation sites excluding steroid dienone is 1. The molecule has 4 N–H and O–H groups in total. The van der Waals surface area contributed by atoms with Gasteiger partial charge in [0.15, 0.2) is 0 Å². The number of hydrogen-bond donors (Lipinski definition) is 4. The van der Waals surface area contributed by atoms with E-state index in [1.165, 1.54) is 31.2 Å². The van der Waals surface area contributed by atoms with E-state index in [0.29, 0.717) is 31.5 Å². The summed E-state index contributed by atoms with van der Waals surface area (Å²) in [6.07, 6.45) is 1.66. The molecule has 4 amide bonds. The van der Waals surface area contributed by atoms with Gasteiger partial charge in [0.1, 0.15) is 35.4 Å². The standard InChI is InChI=1S/C36H45F2N5O5/c1-22(2)16-28(20-39)36(48)43-14-12-26(13-15-43)19-31(34(46)40-21-27-10-8-23(3)17-30(27)38)41-35(47)33(24(4)44)42-32(45)11-9-25-6-5-7-29(37)18-25/h5-8,10,16-18,22,24,26,31,33,44H,9,11-15,19,21H2,1-4H3,(H,40,46)(H,41,47)(H,42,45)/t24-,31+,33+/m1/s1. The van der Waals surface area contributed by atoms with E-state index >= 15 is 0 Å². The van der Waals surface area contributed by atoms with Crippen LogP contribution in [-0.2, 0) is 32.1 Å². The summed E-state index contributed by atoms with van der Waals surface area (Å²) in [5.41, 5.74) is 1.67. The van der Waals surface area contributed by atoms with Gasteiger partial charge in [0.05, 0.1) is 6.10 Å². The molecule has 1 fully saturated rings. The second-order valence-electron chi connectivity index (χ2n) is 12.7. The van der Waals surface area contributed by atoms with E-state index in [0.717, 1.165) is 5.56 Å². The number of halogens is 2. The Labute approximate surface area is 280 Å². The average Bonchev–Trinajstić information content (AvgIpc) is 3.04. The van der Waals surface area contributed by atoms with Crippen molar-refractivity contribution in [3.8, 4) is 6.07 Å². The number of aliphatic hydroxyl groups excluding tert-OH is 1. The van der Waals surface area contributed by atoms with Gasteiger partial charge in [-0.25, -0.2) is 8.78 Å². The van der Waals surface area contributed by atoms with Crippen molar-refractivity contribution in [2.45, 2.75) is 84.5 Å². The zero-order valence-electron chi connectivity index (χ0n) is 27.9. The fraction of sp³-hybridized carbons (Fsp3) is 0.472. The maximum absolute atomic E-state index is 14.5. The Morgan fingerprint density at radius 2 is 1.75 bits per heavy atom. The van der Waals surface area contributed by atoms with Crippen molar-refractivity contribution in [2.75, 3.05) is 13.1 Å². The smallest absolute Gasteiger partial charge is 0.264 e. The van der Waals surface area contributed by atoms with Crippen LogP contribution in [0, 0.1) is 41.7 Å². The first-order chi connectivity index (χ1) is 22.8. The third kappa shape index (κ3) is 11.6. The Morgan fingerprint density at radius 1 is 1.04 bits per heavy atom. The number of carbonyl (C=O) groups is 4. The summed E-state index contributed by atoms with van der Waals surface area (Å²) in [6, 6.07) is 9.94. The molecule has 2 aromatic rings. The predicted molar refractivity (Wildman–Crippen MR) is 176 cm³/mol. The number of piperidine rings is 1. The number of carbonyl (C=O) groups excluding carboxylic acids is 4. The second kappa shape index (κ2) is 18.1. The Bertz CT molecular complexity index is 1530. The minimum absolute atomic E-state index is 0.0288. The summed E-state index contributed by atoms with van der Waals surface area (Å²) in [6.45, 7) is 7.43. The van der Waals surface area contributed by atoms with Crippen molar-refractivity contribution in [3.63, 3.8) is 0 Å². The summed E-state index contributed by atoms with van der Waals surface area (Å²) in [7, 11) is 0. The Morgan fingerprint density at radius 3 is 2.35 bits per heavy atom. The SMILES string of the molecule is Cc1ccc(CNC(=O)[C@H](CC2CCN(C(=O)C(C#N)=CC(C)C)CC2)NC(=O)[C@@H](NC(=O)CCc2cccc(F)c2)[C@@H](C)O)c(F)c1. The van der Waals surface area contributed by atoms with Gasteiger partial charge in [-0.1, -0.05) is 44.2 Å². The molecule has 1 heterocycles. The van der Waals surface area contributed by atoms with Crippen LogP contribution in [0.1, 0.15) is 63.1 Å². The van der Waals surface area contributed by atoms with Gasteiger partial charge in [-0.3, -0.25) is 19.2 Å². The van der Waals surface area contributed by atoms with Crippen LogP contribution < -0.4 is 16.0 Å². The van der Waals surface area contributed by atoms with Crippen molar-refractivity contribution in [1.82, 2.24) is 20.9 Å². The van der Waals surface area contributed by atoms with Gasteiger partial charge in [-0.2, -0.15) is 5.26 Å². The third-order valence-electron chi connectivity index (χ3n) is 8.23. The Balaban J connectivity index is 1.70. The van der Waals surface area contributed by atoms with Gasteiger partial charge >= 0.3 is 0 Å². The zero-order valence-corrected chi connectivity index (χ0v) is 27.9. The Hall–Kier alpha value is -4.63. The molecule has 0 bridgehead atoms. The normalized spacial score (nSPS) is 15.6. The van der Waals surface area contributed by atoms with Crippen LogP contribution in [0.5, 0.6) is 0 Å². The average molecular weight is 666 g/mol. The molecule has 0 aliphatic carbocycles. The van der Waals surface area contributed by atoms with Crippen LogP contribution >= 0.6 is 0 Å². The number of nitriles is 1. The van der Waals surface area contributed by atoms with Crippen molar-refractivity contribution >= 4 is 23.6 Å². The van der Waals surface area contributed by atoms with Crippen LogP contribution in [0.15, 0.2) is 54.1 Å². The molecule has 3 atom stereocenters. The lowest BCUT2D eigenvalue weighted by Gasteiger charge is -2.34. The fourth-order valence-electron chi connectivity index (χ4n) is 5.56. The molecule has 1 saturated heterocycles. The molecule has 10 nitrogen and oxygen atoms in total. The maximum atomic E-state index is 14.5. The Kier molecular flexibility index (Phi) is 14.2. The van der Waals surface area contributed by atoms with E-state index in [1.54, 1.807) is 36.1 Å². The summed E-state index contributed by atoms with van der Waals surface area (Å²) in [5.74, 6) is -3.22. The lowest BCUT2D eigenvalue weighted by Crippen LogP contribution is -2.57.